The van der Waals surface area contributed by atoms with Crippen LogP contribution in [-0.2, 0) is 11.4 Å². The lowest BCUT2D eigenvalue weighted by Gasteiger charge is -2.25. The lowest BCUT2D eigenvalue weighted by atomic mass is 9.95. The number of thiazole rings is 1. The van der Waals surface area contributed by atoms with Gasteiger partial charge in [0.05, 0.1) is 29.0 Å². The maximum Gasteiger partial charge on any atom is 0.271 e. The number of anilines is 1. The first-order valence-electron chi connectivity index (χ1n) is 13.9. The number of rotatable bonds is 8. The molecule has 0 spiro atoms. The first-order chi connectivity index (χ1) is 21.4. The van der Waals surface area contributed by atoms with Crippen molar-refractivity contribution in [2.75, 3.05) is 12.4 Å². The molecule has 0 radical (unpaired) electrons. The second-order valence-corrected chi connectivity index (χ2v) is 12.1. The van der Waals surface area contributed by atoms with E-state index in [-0.39, 0.29) is 11.5 Å². The summed E-state index contributed by atoms with van der Waals surface area (Å²) in [6.45, 7) is 2.26. The third kappa shape index (κ3) is 6.29. The molecule has 44 heavy (non-hydrogen) atoms. The third-order valence-corrected chi connectivity index (χ3v) is 8.74. The van der Waals surface area contributed by atoms with Gasteiger partial charge in [0.15, 0.2) is 4.80 Å². The standard InChI is InChI=1S/C35H28BrN3O4S/c1-22-31(33(40)38-27-6-4-3-5-7-27)32(25-12-18-28(42-2)19-13-25)39-34(41)30(44-35(39)37-22)20-23-10-16-29(17-11-23)43-21-24-8-14-26(36)15-9-24/h3-20,32H,21H2,1-2H3,(H,38,40)/b30-20+/t32-/m0/s1. The van der Waals surface area contributed by atoms with Gasteiger partial charge in [0.25, 0.3) is 11.5 Å². The Bertz CT molecular complexity index is 2020. The topological polar surface area (TPSA) is 81.9 Å². The lowest BCUT2D eigenvalue weighted by molar-refractivity contribution is -0.113. The van der Waals surface area contributed by atoms with Crippen LogP contribution in [0.4, 0.5) is 5.69 Å². The van der Waals surface area contributed by atoms with E-state index in [0.717, 1.165) is 26.9 Å². The predicted molar refractivity (Wildman–Crippen MR) is 177 cm³/mol. The number of hydrogen-bond acceptors (Lipinski definition) is 6. The molecule has 0 aliphatic carbocycles. The Balaban J connectivity index is 1.34. The summed E-state index contributed by atoms with van der Waals surface area (Å²) in [5.41, 5.74) is 4.10. The second kappa shape index (κ2) is 12.9. The molecule has 4 aromatic carbocycles. The van der Waals surface area contributed by atoms with E-state index in [1.165, 1.54) is 11.3 Å². The van der Waals surface area contributed by atoms with E-state index < -0.39 is 6.04 Å². The fourth-order valence-electron chi connectivity index (χ4n) is 4.99. The molecule has 0 saturated heterocycles. The van der Waals surface area contributed by atoms with E-state index in [1.807, 2.05) is 109 Å². The zero-order chi connectivity index (χ0) is 30.6. The molecule has 0 saturated carbocycles. The summed E-state index contributed by atoms with van der Waals surface area (Å²) in [6.07, 6.45) is 1.84. The van der Waals surface area contributed by atoms with Crippen LogP contribution in [0.5, 0.6) is 11.5 Å². The normalized spacial score (nSPS) is 14.5. The maximum atomic E-state index is 14.0. The highest BCUT2D eigenvalue weighted by Gasteiger charge is 2.32. The minimum absolute atomic E-state index is 0.220. The molecular formula is C35H28BrN3O4S. The van der Waals surface area contributed by atoms with E-state index in [1.54, 1.807) is 18.6 Å². The van der Waals surface area contributed by atoms with Crippen LogP contribution in [0.2, 0.25) is 0 Å². The van der Waals surface area contributed by atoms with Crippen molar-refractivity contribution in [2.45, 2.75) is 19.6 Å². The van der Waals surface area contributed by atoms with E-state index in [0.29, 0.717) is 38.6 Å². The van der Waals surface area contributed by atoms with Crippen LogP contribution in [-0.4, -0.2) is 17.6 Å². The summed E-state index contributed by atoms with van der Waals surface area (Å²) in [6, 6.07) is 31.6. The number of para-hydroxylation sites is 1. The fraction of sp³-hybridized carbons (Fsp3) is 0.114. The molecule has 1 atom stereocenters. The quantitative estimate of drug-likeness (QED) is 0.213. The number of fused-ring (bicyclic) bond motifs is 1. The monoisotopic (exact) mass is 665 g/mol. The van der Waals surface area contributed by atoms with E-state index in [4.69, 9.17) is 14.5 Å². The molecule has 0 bridgehead atoms. The molecule has 220 valence electrons. The van der Waals surface area contributed by atoms with Gasteiger partial charge in [-0.25, -0.2) is 4.99 Å². The number of carbonyl (C=O) groups excluding carboxylic acids is 1. The zero-order valence-electron chi connectivity index (χ0n) is 24.0. The predicted octanol–water partition coefficient (Wildman–Crippen LogP) is 6.22. The van der Waals surface area contributed by atoms with Gasteiger partial charge < -0.3 is 14.8 Å². The highest BCUT2D eigenvalue weighted by atomic mass is 79.9. The molecule has 0 fully saturated rings. The molecule has 5 aromatic rings. The molecule has 2 heterocycles. The molecule has 1 aromatic heterocycles. The number of amides is 1. The number of aromatic nitrogens is 1. The SMILES string of the molecule is COc1ccc([C@H]2C(C(=O)Nc3ccccc3)=C(C)N=c3s/c(=C/c4ccc(OCc5ccc(Br)cc5)cc4)c(=O)n32)cc1. The highest BCUT2D eigenvalue weighted by Crippen LogP contribution is 2.31. The molecular weight excluding hydrogens is 638 g/mol. The summed E-state index contributed by atoms with van der Waals surface area (Å²) < 4.78 is 14.4. The van der Waals surface area contributed by atoms with Gasteiger partial charge in [-0.05, 0) is 78.2 Å². The van der Waals surface area contributed by atoms with Gasteiger partial charge in [-0.15, -0.1) is 0 Å². The minimum Gasteiger partial charge on any atom is -0.497 e. The number of allylic oxidation sites excluding steroid dienone is 1. The molecule has 1 N–H and O–H groups in total. The Morgan fingerprint density at radius 1 is 0.955 bits per heavy atom. The molecule has 0 unspecified atom stereocenters. The molecule has 6 rings (SSSR count). The van der Waals surface area contributed by atoms with Gasteiger partial charge >= 0.3 is 0 Å². The summed E-state index contributed by atoms with van der Waals surface area (Å²) >= 11 is 4.75. The summed E-state index contributed by atoms with van der Waals surface area (Å²) in [4.78, 5) is 33.0. The minimum atomic E-state index is -0.669. The van der Waals surface area contributed by atoms with E-state index >= 15 is 0 Å². The molecule has 1 amide bonds. The van der Waals surface area contributed by atoms with Crippen LogP contribution >= 0.6 is 27.3 Å². The Hall–Kier alpha value is -4.73. The number of methoxy groups -OCH3 is 1. The lowest BCUT2D eigenvalue weighted by Crippen LogP contribution is -2.40. The van der Waals surface area contributed by atoms with Gasteiger partial charge in [-0.2, -0.15) is 0 Å². The van der Waals surface area contributed by atoms with Crippen molar-refractivity contribution in [3.05, 3.63) is 155 Å². The number of benzene rings is 4. The van der Waals surface area contributed by atoms with Crippen molar-refractivity contribution < 1.29 is 14.3 Å². The zero-order valence-corrected chi connectivity index (χ0v) is 26.4. The van der Waals surface area contributed by atoms with Crippen LogP contribution < -0.4 is 29.7 Å². The van der Waals surface area contributed by atoms with E-state index in [9.17, 15) is 9.59 Å². The van der Waals surface area contributed by atoms with Gasteiger partial charge in [0.2, 0.25) is 0 Å². The maximum absolute atomic E-state index is 14.0. The molecule has 7 nitrogen and oxygen atoms in total. The van der Waals surface area contributed by atoms with Crippen molar-refractivity contribution in [1.29, 1.82) is 0 Å². The highest BCUT2D eigenvalue weighted by molar-refractivity contribution is 9.10. The number of hydrogen-bond donors (Lipinski definition) is 1. The summed E-state index contributed by atoms with van der Waals surface area (Å²) in [5.74, 6) is 1.10. The number of carbonyl (C=O) groups is 1. The fourth-order valence-corrected chi connectivity index (χ4v) is 6.30. The average Bonchev–Trinajstić information content (AvgIpc) is 3.35. The summed E-state index contributed by atoms with van der Waals surface area (Å²) in [5, 5.41) is 2.97. The van der Waals surface area contributed by atoms with Crippen molar-refractivity contribution in [3.8, 4) is 11.5 Å². The van der Waals surface area contributed by atoms with Crippen LogP contribution in [0.15, 0.2) is 129 Å². The smallest absolute Gasteiger partial charge is 0.271 e. The number of nitrogens with zero attached hydrogens (tertiary/aromatic N) is 2. The largest absolute Gasteiger partial charge is 0.497 e. The Kier molecular flexibility index (Phi) is 8.58. The van der Waals surface area contributed by atoms with Crippen LogP contribution in [0.1, 0.15) is 29.7 Å². The summed E-state index contributed by atoms with van der Waals surface area (Å²) in [7, 11) is 1.60. The van der Waals surface area contributed by atoms with Gasteiger partial charge in [0.1, 0.15) is 18.1 Å². The first kappa shape index (κ1) is 29.3. The van der Waals surface area contributed by atoms with Crippen LogP contribution in [0.3, 0.4) is 0 Å². The van der Waals surface area contributed by atoms with Crippen LogP contribution in [0.25, 0.3) is 6.08 Å². The molecule has 9 heteroatoms. The Morgan fingerprint density at radius 3 is 2.32 bits per heavy atom. The van der Waals surface area contributed by atoms with Crippen molar-refractivity contribution in [3.63, 3.8) is 0 Å². The van der Waals surface area contributed by atoms with Gasteiger partial charge in [-0.1, -0.05) is 81.9 Å². The van der Waals surface area contributed by atoms with Crippen molar-refractivity contribution in [1.82, 2.24) is 4.57 Å². The number of nitrogens with one attached hydrogen (secondary N) is 1. The number of halogens is 1. The first-order valence-corrected chi connectivity index (χ1v) is 15.5. The van der Waals surface area contributed by atoms with Crippen LogP contribution in [0, 0.1) is 0 Å². The Morgan fingerprint density at radius 2 is 1.64 bits per heavy atom. The van der Waals surface area contributed by atoms with Crippen molar-refractivity contribution >= 4 is 44.9 Å². The second-order valence-electron chi connectivity index (χ2n) is 10.2. The van der Waals surface area contributed by atoms with Gasteiger partial charge in [-0.3, -0.25) is 14.2 Å². The molecule has 1 aliphatic rings. The van der Waals surface area contributed by atoms with E-state index in [2.05, 4.69) is 21.2 Å². The number of ether oxygens (including phenoxy) is 2. The van der Waals surface area contributed by atoms with Crippen molar-refractivity contribution in [2.24, 2.45) is 4.99 Å². The van der Waals surface area contributed by atoms with Gasteiger partial charge in [0, 0.05) is 10.2 Å². The Labute approximate surface area is 266 Å². The average molecular weight is 667 g/mol. The third-order valence-electron chi connectivity index (χ3n) is 7.23. The molecule has 1 aliphatic heterocycles.